The van der Waals surface area contributed by atoms with E-state index in [0.29, 0.717) is 0 Å². The van der Waals surface area contributed by atoms with E-state index in [-0.39, 0.29) is 10.8 Å². The molecule has 0 saturated heterocycles. The first-order valence-electron chi connectivity index (χ1n) is 17.6. The Morgan fingerprint density at radius 1 is 0.489 bits per heavy atom. The Morgan fingerprint density at radius 3 is 1.87 bits per heavy atom. The molecule has 6 aromatic carbocycles. The molecule has 0 heterocycles. The predicted octanol–water partition coefficient (Wildman–Crippen LogP) is 13.0. The molecule has 1 nitrogen and oxygen atoms in total. The molecule has 2 aliphatic rings. The van der Waals surface area contributed by atoms with Crippen LogP contribution in [0.5, 0.6) is 0 Å². The number of fused-ring (bicyclic) bond motifs is 8. The monoisotopic (exact) mass is 611 g/mol. The van der Waals surface area contributed by atoms with Gasteiger partial charge in [-0.1, -0.05) is 133 Å². The van der Waals surface area contributed by atoms with Gasteiger partial charge in [0.2, 0.25) is 0 Å². The molecule has 0 N–H and O–H groups in total. The van der Waals surface area contributed by atoms with Gasteiger partial charge in [-0.05, 0) is 111 Å². The molecule has 1 heteroatoms. The highest BCUT2D eigenvalue weighted by molar-refractivity contribution is 6.10. The van der Waals surface area contributed by atoms with Gasteiger partial charge in [0.1, 0.15) is 0 Å². The zero-order valence-electron chi connectivity index (χ0n) is 28.5. The fourth-order valence-corrected chi connectivity index (χ4v) is 8.51. The molecule has 8 rings (SSSR count). The lowest BCUT2D eigenvalue weighted by Gasteiger charge is -2.30. The van der Waals surface area contributed by atoms with Crippen molar-refractivity contribution in [1.29, 1.82) is 0 Å². The number of benzene rings is 6. The zero-order chi connectivity index (χ0) is 32.3. The molecule has 0 aromatic heterocycles. The molecule has 0 radical (unpaired) electrons. The number of hydrogen-bond donors (Lipinski definition) is 0. The van der Waals surface area contributed by atoms with Crippen molar-refractivity contribution in [2.75, 3.05) is 4.90 Å². The minimum absolute atomic E-state index is 0.0319. The summed E-state index contributed by atoms with van der Waals surface area (Å²) in [5, 5.41) is 2.61. The molecule has 6 aromatic rings. The van der Waals surface area contributed by atoms with Gasteiger partial charge in [-0.25, -0.2) is 0 Å². The number of rotatable bonds is 8. The van der Waals surface area contributed by atoms with Crippen LogP contribution in [0.25, 0.3) is 33.0 Å². The summed E-state index contributed by atoms with van der Waals surface area (Å²) in [6.45, 7) is 11.9. The molecular weight excluding hydrogens is 567 g/mol. The molecule has 0 atom stereocenters. The largest absolute Gasteiger partial charge is 0.310 e. The minimum atomic E-state index is -0.148. The fraction of sp³-hybridized carbons (Fsp3) is 0.261. The van der Waals surface area contributed by atoms with Crippen molar-refractivity contribution < 1.29 is 0 Å². The molecule has 0 spiro atoms. The maximum absolute atomic E-state index is 2.54. The third-order valence-electron chi connectivity index (χ3n) is 11.1. The van der Waals surface area contributed by atoms with Crippen molar-refractivity contribution in [3.05, 3.63) is 149 Å². The highest BCUT2D eigenvalue weighted by Crippen LogP contribution is 2.58. The summed E-state index contributed by atoms with van der Waals surface area (Å²) >= 11 is 0. The SMILES string of the molecule is CCCCCCc1ccc(N(c2ccccc2)c2cc3c(c4ccccc24)-c2cc4c(cc2C3(C)C)-c2ccccc2C4(C)C)cc1. The summed E-state index contributed by atoms with van der Waals surface area (Å²) in [4.78, 5) is 2.47. The molecule has 0 fully saturated rings. The molecule has 0 saturated carbocycles. The molecule has 0 bridgehead atoms. The highest BCUT2D eigenvalue weighted by Gasteiger charge is 2.42. The first kappa shape index (κ1) is 29.8. The predicted molar refractivity (Wildman–Crippen MR) is 202 cm³/mol. The van der Waals surface area contributed by atoms with Gasteiger partial charge < -0.3 is 4.90 Å². The summed E-state index contributed by atoms with van der Waals surface area (Å²) in [6, 6.07) is 45.9. The van der Waals surface area contributed by atoms with Crippen LogP contribution in [-0.4, -0.2) is 0 Å². The summed E-state index contributed by atoms with van der Waals surface area (Å²) < 4.78 is 0. The van der Waals surface area contributed by atoms with Crippen LogP contribution in [0.3, 0.4) is 0 Å². The summed E-state index contributed by atoms with van der Waals surface area (Å²) in [5.74, 6) is 0. The maximum atomic E-state index is 2.54. The normalized spacial score (nSPS) is 14.8. The van der Waals surface area contributed by atoms with Gasteiger partial charge in [-0.3, -0.25) is 0 Å². The van der Waals surface area contributed by atoms with Crippen molar-refractivity contribution in [1.82, 2.24) is 0 Å². The smallest absolute Gasteiger partial charge is 0.0543 e. The van der Waals surface area contributed by atoms with Gasteiger partial charge in [0.25, 0.3) is 0 Å². The Kier molecular flexibility index (Phi) is 7.14. The summed E-state index contributed by atoms with van der Waals surface area (Å²) in [6.07, 6.45) is 6.30. The summed E-state index contributed by atoms with van der Waals surface area (Å²) in [7, 11) is 0. The number of hydrogen-bond acceptors (Lipinski definition) is 1. The van der Waals surface area contributed by atoms with Crippen molar-refractivity contribution in [2.24, 2.45) is 0 Å². The lowest BCUT2D eigenvalue weighted by atomic mass is 9.79. The molecule has 234 valence electrons. The van der Waals surface area contributed by atoms with E-state index in [9.17, 15) is 0 Å². The van der Waals surface area contributed by atoms with Crippen LogP contribution >= 0.6 is 0 Å². The lowest BCUT2D eigenvalue weighted by molar-refractivity contribution is 0.652. The summed E-state index contributed by atoms with van der Waals surface area (Å²) in [5.41, 5.74) is 16.1. The van der Waals surface area contributed by atoms with Gasteiger partial charge in [0.15, 0.2) is 0 Å². The Hall–Kier alpha value is -4.62. The number of anilines is 3. The number of para-hydroxylation sites is 1. The van der Waals surface area contributed by atoms with E-state index in [4.69, 9.17) is 0 Å². The fourth-order valence-electron chi connectivity index (χ4n) is 8.51. The average molecular weight is 612 g/mol. The van der Waals surface area contributed by atoms with Crippen LogP contribution in [0.15, 0.2) is 121 Å². The van der Waals surface area contributed by atoms with Crippen molar-refractivity contribution >= 4 is 27.8 Å². The molecule has 47 heavy (non-hydrogen) atoms. The number of nitrogens with zero attached hydrogens (tertiary/aromatic N) is 1. The zero-order valence-corrected chi connectivity index (χ0v) is 28.5. The van der Waals surface area contributed by atoms with E-state index in [0.717, 1.165) is 6.42 Å². The third kappa shape index (κ3) is 4.66. The molecule has 2 aliphatic carbocycles. The van der Waals surface area contributed by atoms with Gasteiger partial charge in [-0.2, -0.15) is 0 Å². The van der Waals surface area contributed by atoms with Crippen molar-refractivity contribution in [3.63, 3.8) is 0 Å². The topological polar surface area (TPSA) is 3.24 Å². The number of unbranched alkanes of at least 4 members (excludes halogenated alkanes) is 3. The molecular formula is C46H45N. The molecule has 0 unspecified atom stereocenters. The Morgan fingerprint density at radius 2 is 1.11 bits per heavy atom. The van der Waals surface area contributed by atoms with Crippen LogP contribution in [0.4, 0.5) is 17.1 Å². The number of aryl methyl sites for hydroxylation is 1. The standard InChI is InChI=1S/C46H45N/c1-6-7-8-10-17-31-24-26-33(27-25-31)47(32-18-11-9-12-19-32)43-30-42-44(36-22-14-13-21-35(36)43)38-29-40-37(28-41(38)46(42,4)5)34-20-15-16-23-39(34)45(40,2)3/h9,11-16,18-30H,6-8,10,17H2,1-5H3. The van der Waals surface area contributed by atoms with Gasteiger partial charge >= 0.3 is 0 Å². The van der Waals surface area contributed by atoms with E-state index in [1.165, 1.54) is 104 Å². The van der Waals surface area contributed by atoms with Crippen molar-refractivity contribution in [2.45, 2.75) is 77.6 Å². The van der Waals surface area contributed by atoms with Crippen LogP contribution in [-0.2, 0) is 17.3 Å². The Labute approximate surface area is 280 Å². The second kappa shape index (κ2) is 11.3. The Bertz CT molecular complexity index is 2110. The van der Waals surface area contributed by atoms with Gasteiger partial charge in [0, 0.05) is 27.6 Å². The first-order valence-corrected chi connectivity index (χ1v) is 17.6. The van der Waals surface area contributed by atoms with E-state index >= 15 is 0 Å². The second-order valence-electron chi connectivity index (χ2n) is 14.8. The van der Waals surface area contributed by atoms with E-state index in [1.807, 2.05) is 0 Å². The quantitative estimate of drug-likeness (QED) is 0.155. The van der Waals surface area contributed by atoms with Crippen LogP contribution in [0.2, 0.25) is 0 Å². The van der Waals surface area contributed by atoms with Crippen LogP contribution in [0, 0.1) is 0 Å². The highest BCUT2D eigenvalue weighted by atomic mass is 15.1. The van der Waals surface area contributed by atoms with E-state index < -0.39 is 0 Å². The lowest BCUT2D eigenvalue weighted by Crippen LogP contribution is -2.18. The second-order valence-corrected chi connectivity index (χ2v) is 14.8. The van der Waals surface area contributed by atoms with Crippen LogP contribution in [0.1, 0.15) is 88.1 Å². The van der Waals surface area contributed by atoms with Gasteiger partial charge in [-0.15, -0.1) is 0 Å². The van der Waals surface area contributed by atoms with E-state index in [1.54, 1.807) is 0 Å². The van der Waals surface area contributed by atoms with Crippen molar-refractivity contribution in [3.8, 4) is 22.3 Å². The van der Waals surface area contributed by atoms with Gasteiger partial charge in [0.05, 0.1) is 5.69 Å². The Balaban J connectivity index is 1.31. The van der Waals surface area contributed by atoms with Crippen LogP contribution < -0.4 is 4.90 Å². The molecule has 0 aliphatic heterocycles. The maximum Gasteiger partial charge on any atom is 0.0543 e. The van der Waals surface area contributed by atoms with E-state index in [2.05, 4.69) is 161 Å². The molecule has 0 amide bonds. The first-order chi connectivity index (χ1) is 22.8. The average Bonchev–Trinajstić information content (AvgIpc) is 3.46. The minimum Gasteiger partial charge on any atom is -0.310 e. The third-order valence-corrected chi connectivity index (χ3v) is 11.1.